The lowest BCUT2D eigenvalue weighted by atomic mass is 9.85. The number of allylic oxidation sites excluding steroid dienone is 2. The third-order valence-corrected chi connectivity index (χ3v) is 7.21. The van der Waals surface area contributed by atoms with Gasteiger partial charge in [0.1, 0.15) is 0 Å². The fraction of sp³-hybridized carbons (Fsp3) is 0.773. The number of aliphatic imine (C=N–C) groups is 1. The first-order chi connectivity index (χ1) is 13.7. The van der Waals surface area contributed by atoms with Gasteiger partial charge in [0.25, 0.3) is 0 Å². The zero-order chi connectivity index (χ0) is 19.5. The van der Waals surface area contributed by atoms with E-state index in [9.17, 15) is 9.59 Å². The Morgan fingerprint density at radius 2 is 1.68 bits per heavy atom. The molecule has 2 amide bonds. The fourth-order valence-electron chi connectivity index (χ4n) is 5.72. The summed E-state index contributed by atoms with van der Waals surface area (Å²) in [5, 5.41) is 6.72. The molecule has 2 bridgehead atoms. The number of rotatable bonds is 7. The van der Waals surface area contributed by atoms with E-state index in [4.69, 9.17) is 0 Å². The van der Waals surface area contributed by atoms with E-state index in [0.29, 0.717) is 24.9 Å². The largest absolute Gasteiger partial charge is 0.356 e. The van der Waals surface area contributed by atoms with Crippen molar-refractivity contribution in [1.29, 1.82) is 0 Å². The Labute approximate surface area is 168 Å². The summed E-state index contributed by atoms with van der Waals surface area (Å²) in [5.41, 5.74) is 0. The van der Waals surface area contributed by atoms with Crippen LogP contribution in [0.15, 0.2) is 17.1 Å². The molecule has 1 aliphatic heterocycles. The number of amides is 2. The molecule has 2 N–H and O–H groups in total. The zero-order valence-corrected chi connectivity index (χ0v) is 17.0. The smallest absolute Gasteiger partial charge is 0.233 e. The Bertz CT molecular complexity index is 623. The quantitative estimate of drug-likeness (QED) is 0.232. The molecule has 3 fully saturated rings. The molecule has 6 heteroatoms. The van der Waals surface area contributed by atoms with Crippen LogP contribution in [0.5, 0.6) is 0 Å². The molecule has 4 unspecified atom stereocenters. The molecule has 1 saturated heterocycles. The number of carbonyl (C=O) groups excluding carboxylic acids is 2. The molecular weight excluding hydrogens is 352 g/mol. The Hall–Kier alpha value is -1.85. The van der Waals surface area contributed by atoms with Gasteiger partial charge in [-0.25, -0.2) is 0 Å². The maximum atomic E-state index is 12.7. The van der Waals surface area contributed by atoms with Crippen molar-refractivity contribution in [1.82, 2.24) is 15.5 Å². The van der Waals surface area contributed by atoms with Crippen LogP contribution < -0.4 is 10.6 Å². The molecule has 0 aromatic rings. The average Bonchev–Trinajstić information content (AvgIpc) is 3.39. The summed E-state index contributed by atoms with van der Waals surface area (Å²) in [5.74, 6) is 2.21. The van der Waals surface area contributed by atoms with Gasteiger partial charge in [-0.2, -0.15) is 0 Å². The second kappa shape index (κ2) is 8.66. The number of fused-ring (bicyclic) bond motifs is 5. The molecule has 6 nitrogen and oxygen atoms in total. The van der Waals surface area contributed by atoms with Gasteiger partial charge >= 0.3 is 0 Å². The van der Waals surface area contributed by atoms with Crippen LogP contribution in [-0.4, -0.2) is 49.4 Å². The van der Waals surface area contributed by atoms with Crippen molar-refractivity contribution in [2.75, 3.05) is 26.7 Å². The normalized spacial score (nSPS) is 32.3. The highest BCUT2D eigenvalue weighted by Crippen LogP contribution is 2.52. The summed E-state index contributed by atoms with van der Waals surface area (Å²) >= 11 is 0. The maximum Gasteiger partial charge on any atom is 0.233 e. The lowest BCUT2D eigenvalue weighted by Crippen LogP contribution is -2.40. The molecule has 0 aromatic carbocycles. The number of likely N-dealkylation sites (tertiary alicyclic amines) is 1. The van der Waals surface area contributed by atoms with Crippen molar-refractivity contribution in [3.05, 3.63) is 12.2 Å². The number of hydrogen-bond donors (Lipinski definition) is 2. The molecule has 1 heterocycles. The SMILES string of the molecule is CN=C(NCCCN1C(=O)C2C3C=CC(C3)C2C1=O)NCCC1CCCCC1. The van der Waals surface area contributed by atoms with E-state index in [1.54, 1.807) is 7.05 Å². The van der Waals surface area contributed by atoms with Gasteiger partial charge in [-0.3, -0.25) is 19.5 Å². The summed E-state index contributed by atoms with van der Waals surface area (Å²) in [7, 11) is 1.79. The highest BCUT2D eigenvalue weighted by molar-refractivity contribution is 6.06. The van der Waals surface area contributed by atoms with Crippen molar-refractivity contribution in [2.45, 2.75) is 51.4 Å². The minimum atomic E-state index is -0.0790. The summed E-state index contributed by atoms with van der Waals surface area (Å²) < 4.78 is 0. The monoisotopic (exact) mass is 386 g/mol. The first-order valence-electron chi connectivity index (χ1n) is 11.2. The molecule has 0 spiro atoms. The van der Waals surface area contributed by atoms with Crippen molar-refractivity contribution in [3.63, 3.8) is 0 Å². The fourth-order valence-corrected chi connectivity index (χ4v) is 5.72. The maximum absolute atomic E-state index is 12.7. The van der Waals surface area contributed by atoms with Gasteiger partial charge in [-0.1, -0.05) is 44.3 Å². The summed E-state index contributed by atoms with van der Waals surface area (Å²) in [4.78, 5) is 31.2. The molecule has 28 heavy (non-hydrogen) atoms. The van der Waals surface area contributed by atoms with Crippen molar-refractivity contribution < 1.29 is 9.59 Å². The van der Waals surface area contributed by atoms with Crippen LogP contribution in [0.3, 0.4) is 0 Å². The number of nitrogens with zero attached hydrogens (tertiary/aromatic N) is 2. The third-order valence-electron chi connectivity index (χ3n) is 7.21. The van der Waals surface area contributed by atoms with Crippen LogP contribution >= 0.6 is 0 Å². The van der Waals surface area contributed by atoms with Crippen molar-refractivity contribution in [2.24, 2.45) is 34.6 Å². The van der Waals surface area contributed by atoms with E-state index in [0.717, 1.165) is 31.3 Å². The number of imide groups is 1. The highest BCUT2D eigenvalue weighted by atomic mass is 16.2. The van der Waals surface area contributed by atoms with Gasteiger partial charge in [-0.05, 0) is 37.0 Å². The van der Waals surface area contributed by atoms with E-state index < -0.39 is 0 Å². The molecule has 154 valence electrons. The molecule has 4 aliphatic rings. The molecule has 0 radical (unpaired) electrons. The van der Waals surface area contributed by atoms with Gasteiger partial charge < -0.3 is 10.6 Å². The van der Waals surface area contributed by atoms with Crippen LogP contribution in [-0.2, 0) is 9.59 Å². The standard InChI is InChI=1S/C22H34N4O2/c1-23-22(25-12-10-15-6-3-2-4-7-15)24-11-5-13-26-20(27)18-16-8-9-17(14-16)19(18)21(26)28/h8-9,15-19H,2-7,10-14H2,1H3,(H2,23,24,25). The van der Waals surface area contributed by atoms with E-state index in [2.05, 4.69) is 27.8 Å². The number of guanidine groups is 1. The molecule has 3 aliphatic carbocycles. The zero-order valence-electron chi connectivity index (χ0n) is 17.0. The van der Waals surface area contributed by atoms with Crippen molar-refractivity contribution >= 4 is 17.8 Å². The highest BCUT2D eigenvalue weighted by Gasteiger charge is 2.58. The minimum Gasteiger partial charge on any atom is -0.356 e. The lowest BCUT2D eigenvalue weighted by molar-refractivity contribution is -0.140. The van der Waals surface area contributed by atoms with Crippen LogP contribution in [0.4, 0.5) is 0 Å². The van der Waals surface area contributed by atoms with E-state index in [1.165, 1.54) is 43.4 Å². The number of nitrogens with one attached hydrogen (secondary N) is 2. The number of carbonyl (C=O) groups is 2. The van der Waals surface area contributed by atoms with Crippen LogP contribution in [0.1, 0.15) is 51.4 Å². The summed E-state index contributed by atoms with van der Waals surface area (Å²) in [6, 6.07) is 0. The first-order valence-corrected chi connectivity index (χ1v) is 11.2. The van der Waals surface area contributed by atoms with Crippen molar-refractivity contribution in [3.8, 4) is 0 Å². The van der Waals surface area contributed by atoms with Gasteiger partial charge in [-0.15, -0.1) is 0 Å². The van der Waals surface area contributed by atoms with Gasteiger partial charge in [0, 0.05) is 26.7 Å². The molecule has 4 rings (SSSR count). The topological polar surface area (TPSA) is 73.8 Å². The minimum absolute atomic E-state index is 0.0573. The Morgan fingerprint density at radius 3 is 2.32 bits per heavy atom. The van der Waals surface area contributed by atoms with E-state index in [1.807, 2.05) is 0 Å². The van der Waals surface area contributed by atoms with E-state index >= 15 is 0 Å². The molecule has 2 saturated carbocycles. The van der Waals surface area contributed by atoms with Crippen LogP contribution in [0.2, 0.25) is 0 Å². The Balaban J connectivity index is 1.15. The van der Waals surface area contributed by atoms with Gasteiger partial charge in [0.05, 0.1) is 11.8 Å². The average molecular weight is 387 g/mol. The van der Waals surface area contributed by atoms with E-state index in [-0.39, 0.29) is 23.7 Å². The summed E-state index contributed by atoms with van der Waals surface area (Å²) in [6.45, 7) is 2.17. The number of hydrogen-bond acceptors (Lipinski definition) is 3. The first kappa shape index (κ1) is 19.5. The van der Waals surface area contributed by atoms with Crippen LogP contribution in [0.25, 0.3) is 0 Å². The molecular formula is C22H34N4O2. The molecule has 4 atom stereocenters. The summed E-state index contributed by atoms with van der Waals surface area (Å²) in [6.07, 6.45) is 14.1. The predicted molar refractivity (Wildman–Crippen MR) is 110 cm³/mol. The molecule has 0 aromatic heterocycles. The predicted octanol–water partition coefficient (Wildman–Crippen LogP) is 2.32. The third kappa shape index (κ3) is 3.83. The lowest BCUT2D eigenvalue weighted by Gasteiger charge is -2.22. The second-order valence-electron chi connectivity index (χ2n) is 8.90. The Morgan fingerprint density at radius 1 is 1.04 bits per heavy atom. The van der Waals surface area contributed by atoms with Gasteiger partial charge in [0.2, 0.25) is 11.8 Å². The second-order valence-corrected chi connectivity index (χ2v) is 8.90. The van der Waals surface area contributed by atoms with Crippen LogP contribution in [0, 0.1) is 29.6 Å². The Kier molecular flexibility index (Phi) is 6.02. The van der Waals surface area contributed by atoms with Gasteiger partial charge in [0.15, 0.2) is 5.96 Å².